The highest BCUT2D eigenvalue weighted by atomic mass is 16.1. The van der Waals surface area contributed by atoms with Crippen molar-refractivity contribution in [3.63, 3.8) is 0 Å². The number of nitrogens with zero attached hydrogens (tertiary/aromatic N) is 2. The average molecular weight is 368 g/mol. The first-order valence-corrected chi connectivity index (χ1v) is 10.4. The normalized spacial score (nSPS) is 15.2. The molecule has 1 aliphatic heterocycles. The number of carbonyl (C=O) groups excluding carboxylic acids is 1. The fourth-order valence-electron chi connectivity index (χ4n) is 4.35. The molecule has 0 atom stereocenters. The number of carbonyl (C=O) groups is 1. The highest BCUT2D eigenvalue weighted by Gasteiger charge is 2.24. The lowest BCUT2D eigenvalue weighted by atomic mass is 9.98. The minimum atomic E-state index is -0.319. The number of hydrogen-bond acceptors (Lipinski definition) is 2. The first-order chi connectivity index (χ1) is 13.1. The summed E-state index contributed by atoms with van der Waals surface area (Å²) < 4.78 is 2.37. The van der Waals surface area contributed by atoms with Crippen LogP contribution in [0.4, 0.5) is 0 Å². The van der Waals surface area contributed by atoms with Crippen molar-refractivity contribution in [2.45, 2.75) is 58.9 Å². The molecule has 0 unspecified atom stereocenters. The Morgan fingerprint density at radius 1 is 1.07 bits per heavy atom. The minimum Gasteiger partial charge on any atom is -0.366 e. The Morgan fingerprint density at radius 3 is 2.41 bits per heavy atom. The molecule has 1 fully saturated rings. The van der Waals surface area contributed by atoms with Crippen molar-refractivity contribution < 1.29 is 4.79 Å². The zero-order valence-electron chi connectivity index (χ0n) is 16.8. The number of primary amides is 1. The number of aromatic nitrogens is 1. The maximum atomic E-state index is 12.4. The first-order valence-electron chi connectivity index (χ1n) is 10.4. The number of amides is 1. The molecule has 0 aliphatic carbocycles. The van der Waals surface area contributed by atoms with E-state index in [0.717, 1.165) is 49.2 Å². The predicted molar refractivity (Wildman–Crippen MR) is 112 cm³/mol. The van der Waals surface area contributed by atoms with Crippen molar-refractivity contribution in [3.05, 3.63) is 47.3 Å². The maximum Gasteiger partial charge on any atom is 0.251 e. The summed E-state index contributed by atoms with van der Waals surface area (Å²) in [5.41, 5.74) is 11.0. The number of likely N-dealkylation sites (tertiary alicyclic amines) is 1. The monoisotopic (exact) mass is 367 g/mol. The van der Waals surface area contributed by atoms with Gasteiger partial charge in [0.15, 0.2) is 0 Å². The highest BCUT2D eigenvalue weighted by Crippen LogP contribution is 2.34. The second-order valence-electron chi connectivity index (χ2n) is 7.67. The molecule has 3 rings (SSSR count). The second kappa shape index (κ2) is 9.23. The molecular weight excluding hydrogens is 334 g/mol. The fraction of sp³-hybridized carbons (Fsp3) is 0.522. The van der Waals surface area contributed by atoms with E-state index >= 15 is 0 Å². The molecule has 4 heteroatoms. The molecule has 0 radical (unpaired) electrons. The third-order valence-corrected chi connectivity index (χ3v) is 5.80. The minimum absolute atomic E-state index is 0.319. The molecule has 4 nitrogen and oxygen atoms in total. The van der Waals surface area contributed by atoms with Gasteiger partial charge in [0.25, 0.3) is 5.91 Å². The van der Waals surface area contributed by atoms with Gasteiger partial charge in [-0.15, -0.1) is 0 Å². The van der Waals surface area contributed by atoms with Gasteiger partial charge in [-0.25, -0.2) is 0 Å². The maximum absolute atomic E-state index is 12.4. The predicted octanol–water partition coefficient (Wildman–Crippen LogP) is 4.39. The van der Waals surface area contributed by atoms with Crippen LogP contribution < -0.4 is 5.73 Å². The van der Waals surface area contributed by atoms with E-state index in [2.05, 4.69) is 35.4 Å². The Labute approximate surface area is 163 Å². The van der Waals surface area contributed by atoms with Crippen molar-refractivity contribution in [1.29, 1.82) is 0 Å². The van der Waals surface area contributed by atoms with Crippen LogP contribution in [0.3, 0.4) is 0 Å². The smallest absolute Gasteiger partial charge is 0.251 e. The third-order valence-electron chi connectivity index (χ3n) is 5.80. The van der Waals surface area contributed by atoms with Gasteiger partial charge >= 0.3 is 0 Å². The average Bonchev–Trinajstić information content (AvgIpc) is 2.97. The van der Waals surface area contributed by atoms with Crippen LogP contribution in [0.15, 0.2) is 30.3 Å². The van der Waals surface area contributed by atoms with Crippen LogP contribution in [0, 0.1) is 6.92 Å². The SMILES string of the molecule is CCCCc1c(-c2ccccc2)c(C(N)=O)c(C)n1CCN1CCCCC1. The van der Waals surface area contributed by atoms with Gasteiger partial charge in [0.05, 0.1) is 5.56 Å². The van der Waals surface area contributed by atoms with E-state index in [-0.39, 0.29) is 5.91 Å². The topological polar surface area (TPSA) is 51.3 Å². The largest absolute Gasteiger partial charge is 0.366 e. The summed E-state index contributed by atoms with van der Waals surface area (Å²) in [6.45, 7) is 8.62. The number of hydrogen-bond donors (Lipinski definition) is 1. The molecule has 1 aliphatic rings. The van der Waals surface area contributed by atoms with Crippen molar-refractivity contribution in [2.24, 2.45) is 5.73 Å². The number of unbranched alkanes of at least 4 members (excludes halogenated alkanes) is 1. The molecule has 1 aromatic heterocycles. The second-order valence-corrected chi connectivity index (χ2v) is 7.67. The van der Waals surface area contributed by atoms with Gasteiger partial charge in [0.1, 0.15) is 0 Å². The Bertz CT molecular complexity index is 758. The summed E-state index contributed by atoms with van der Waals surface area (Å²) in [4.78, 5) is 14.9. The molecule has 2 aromatic rings. The highest BCUT2D eigenvalue weighted by molar-refractivity contribution is 6.02. The number of piperidine rings is 1. The number of nitrogens with two attached hydrogens (primary N) is 1. The lowest BCUT2D eigenvalue weighted by molar-refractivity contribution is 0.1000. The summed E-state index contributed by atoms with van der Waals surface area (Å²) in [6.07, 6.45) is 7.19. The third kappa shape index (κ3) is 4.44. The van der Waals surface area contributed by atoms with Crippen molar-refractivity contribution in [2.75, 3.05) is 19.6 Å². The van der Waals surface area contributed by atoms with E-state index in [4.69, 9.17) is 5.73 Å². The summed E-state index contributed by atoms with van der Waals surface area (Å²) in [5, 5.41) is 0. The van der Waals surface area contributed by atoms with E-state index in [0.29, 0.717) is 5.56 Å². The first kappa shape index (κ1) is 19.7. The summed E-state index contributed by atoms with van der Waals surface area (Å²) in [7, 11) is 0. The van der Waals surface area contributed by atoms with E-state index in [9.17, 15) is 4.79 Å². The lowest BCUT2D eigenvalue weighted by Gasteiger charge is -2.27. The molecular formula is C23H33N3O. The molecule has 0 spiro atoms. The van der Waals surface area contributed by atoms with Crippen LogP contribution in [0.25, 0.3) is 11.1 Å². The van der Waals surface area contributed by atoms with E-state index in [1.54, 1.807) is 0 Å². The zero-order chi connectivity index (χ0) is 19.2. The molecule has 27 heavy (non-hydrogen) atoms. The van der Waals surface area contributed by atoms with Gasteiger partial charge in [0.2, 0.25) is 0 Å². The van der Waals surface area contributed by atoms with Crippen LogP contribution in [0.2, 0.25) is 0 Å². The number of rotatable bonds is 8. The van der Waals surface area contributed by atoms with Crippen LogP contribution >= 0.6 is 0 Å². The van der Waals surface area contributed by atoms with Crippen LogP contribution in [-0.2, 0) is 13.0 Å². The quantitative estimate of drug-likeness (QED) is 0.752. The summed E-state index contributed by atoms with van der Waals surface area (Å²) in [5.74, 6) is -0.319. The van der Waals surface area contributed by atoms with Crippen molar-refractivity contribution in [1.82, 2.24) is 9.47 Å². The van der Waals surface area contributed by atoms with E-state index in [1.807, 2.05) is 18.2 Å². The number of benzene rings is 1. The Hall–Kier alpha value is -2.07. The van der Waals surface area contributed by atoms with Crippen molar-refractivity contribution >= 4 is 5.91 Å². The van der Waals surface area contributed by atoms with E-state index in [1.165, 1.54) is 38.0 Å². The van der Waals surface area contributed by atoms with Gasteiger partial charge in [0, 0.05) is 30.0 Å². The fourth-order valence-corrected chi connectivity index (χ4v) is 4.35. The standard InChI is InChI=1S/C23H33N3O/c1-3-4-13-20-22(19-11-7-5-8-12-19)21(23(24)27)18(2)26(20)17-16-25-14-9-6-10-15-25/h5,7-8,11-12H,3-4,6,9-10,13-17H2,1-2H3,(H2,24,27). The van der Waals surface area contributed by atoms with Crippen molar-refractivity contribution in [3.8, 4) is 11.1 Å². The Balaban J connectivity index is 2.01. The molecule has 2 heterocycles. The molecule has 1 aromatic carbocycles. The van der Waals surface area contributed by atoms with Gasteiger partial charge in [-0.3, -0.25) is 4.79 Å². The Kier molecular flexibility index (Phi) is 6.73. The Morgan fingerprint density at radius 2 is 1.78 bits per heavy atom. The molecule has 1 saturated heterocycles. The summed E-state index contributed by atoms with van der Waals surface area (Å²) in [6, 6.07) is 10.3. The molecule has 146 valence electrons. The zero-order valence-corrected chi connectivity index (χ0v) is 16.8. The molecule has 0 bridgehead atoms. The molecule has 2 N–H and O–H groups in total. The van der Waals surface area contributed by atoms with Gasteiger partial charge < -0.3 is 15.2 Å². The summed E-state index contributed by atoms with van der Waals surface area (Å²) >= 11 is 0. The lowest BCUT2D eigenvalue weighted by Crippen LogP contribution is -2.33. The molecule has 0 saturated carbocycles. The van der Waals surface area contributed by atoms with Gasteiger partial charge in [-0.1, -0.05) is 50.1 Å². The van der Waals surface area contributed by atoms with Gasteiger partial charge in [-0.2, -0.15) is 0 Å². The van der Waals surface area contributed by atoms with Crippen LogP contribution in [0.1, 0.15) is 60.8 Å². The molecule has 1 amide bonds. The van der Waals surface area contributed by atoms with Crippen LogP contribution in [-0.4, -0.2) is 35.0 Å². The van der Waals surface area contributed by atoms with Gasteiger partial charge in [-0.05, 0) is 51.3 Å². The van der Waals surface area contributed by atoms with E-state index < -0.39 is 0 Å². The van der Waals surface area contributed by atoms with Crippen LogP contribution in [0.5, 0.6) is 0 Å².